The third-order valence-corrected chi connectivity index (χ3v) is 5.28. The van der Waals surface area contributed by atoms with Crippen LogP contribution >= 0.6 is 0 Å². The van der Waals surface area contributed by atoms with E-state index < -0.39 is 11.6 Å². The second-order valence-electron chi connectivity index (χ2n) is 7.33. The van der Waals surface area contributed by atoms with E-state index in [1.165, 1.54) is 13.2 Å². The van der Waals surface area contributed by atoms with E-state index in [0.717, 1.165) is 16.5 Å². The first-order valence-corrected chi connectivity index (χ1v) is 9.96. The third kappa shape index (κ3) is 3.92. The van der Waals surface area contributed by atoms with E-state index in [1.807, 2.05) is 30.3 Å². The van der Waals surface area contributed by atoms with Crippen LogP contribution < -0.4 is 10.4 Å². The predicted octanol–water partition coefficient (Wildman–Crippen LogP) is 4.45. The second kappa shape index (κ2) is 8.55. The molecule has 0 aliphatic carbocycles. The lowest BCUT2D eigenvalue weighted by Crippen LogP contribution is -2.13. The van der Waals surface area contributed by atoms with Gasteiger partial charge in [-0.05, 0) is 42.7 Å². The maximum atomic E-state index is 12.7. The molecule has 0 aliphatic rings. The van der Waals surface area contributed by atoms with Crippen LogP contribution in [-0.4, -0.2) is 30.5 Å². The number of carbonyl (C=O) groups is 2. The smallest absolute Gasteiger partial charge is 0.339 e. The Labute approximate surface area is 183 Å². The van der Waals surface area contributed by atoms with Crippen LogP contribution in [0.2, 0.25) is 0 Å². The lowest BCUT2D eigenvalue weighted by Gasteiger charge is -2.09. The average Bonchev–Trinajstić information content (AvgIpc) is 3.10. The van der Waals surface area contributed by atoms with Crippen molar-refractivity contribution in [2.24, 2.45) is 0 Å². The molecule has 0 amide bonds. The van der Waals surface area contributed by atoms with E-state index in [9.17, 15) is 14.4 Å². The van der Waals surface area contributed by atoms with E-state index >= 15 is 0 Å². The number of esters is 1. The van der Waals surface area contributed by atoms with Gasteiger partial charge in [0.1, 0.15) is 11.3 Å². The molecule has 2 aromatic heterocycles. The molecular formula is C25H21NO6. The number of fused-ring (bicyclic) bond motifs is 1. The van der Waals surface area contributed by atoms with Crippen molar-refractivity contribution in [1.29, 1.82) is 0 Å². The molecule has 32 heavy (non-hydrogen) atoms. The molecule has 4 aromatic rings. The molecule has 0 aliphatic heterocycles. The fourth-order valence-electron chi connectivity index (χ4n) is 3.75. The van der Waals surface area contributed by atoms with Crippen LogP contribution in [0.15, 0.2) is 63.8 Å². The minimum Gasteiger partial charge on any atom is -0.485 e. The number of nitrogens with one attached hydrogen (secondary N) is 1. The Morgan fingerprint density at radius 2 is 1.78 bits per heavy atom. The largest absolute Gasteiger partial charge is 0.485 e. The molecule has 0 spiro atoms. The summed E-state index contributed by atoms with van der Waals surface area (Å²) in [5.41, 5.74) is 3.25. The molecule has 162 valence electrons. The third-order valence-electron chi connectivity index (χ3n) is 5.28. The van der Waals surface area contributed by atoms with Crippen molar-refractivity contribution in [3.63, 3.8) is 0 Å². The number of Topliss-reactive ketones (excluding diaryl/α,β-unsaturated/α-hetero) is 1. The van der Waals surface area contributed by atoms with Crippen LogP contribution in [-0.2, 0) is 4.74 Å². The summed E-state index contributed by atoms with van der Waals surface area (Å²) >= 11 is 0. The Bertz CT molecular complexity index is 1380. The minimum absolute atomic E-state index is 0.254. The Morgan fingerprint density at radius 1 is 1.03 bits per heavy atom. The summed E-state index contributed by atoms with van der Waals surface area (Å²) in [7, 11) is 1.29. The van der Waals surface area contributed by atoms with Crippen LogP contribution in [0.1, 0.15) is 32.1 Å². The van der Waals surface area contributed by atoms with Crippen molar-refractivity contribution in [3.05, 3.63) is 87.5 Å². The fraction of sp³-hybridized carbons (Fsp3) is 0.160. The van der Waals surface area contributed by atoms with Crippen molar-refractivity contribution < 1.29 is 23.5 Å². The summed E-state index contributed by atoms with van der Waals surface area (Å²) in [6, 6.07) is 16.1. The molecule has 0 saturated heterocycles. The summed E-state index contributed by atoms with van der Waals surface area (Å²) in [6.07, 6.45) is 0. The number of hydrogen-bond donors (Lipinski definition) is 1. The zero-order valence-electron chi connectivity index (χ0n) is 17.9. The number of aromatic nitrogens is 1. The molecule has 0 saturated carbocycles. The van der Waals surface area contributed by atoms with Gasteiger partial charge < -0.3 is 18.9 Å². The monoisotopic (exact) mass is 431 g/mol. The number of rotatable bonds is 6. The second-order valence-corrected chi connectivity index (χ2v) is 7.33. The highest BCUT2D eigenvalue weighted by atomic mass is 16.5. The normalized spacial score (nSPS) is 10.8. The van der Waals surface area contributed by atoms with Crippen LogP contribution in [0.3, 0.4) is 0 Å². The van der Waals surface area contributed by atoms with Crippen molar-refractivity contribution >= 4 is 22.7 Å². The molecule has 0 atom stereocenters. The van der Waals surface area contributed by atoms with Gasteiger partial charge in [0.15, 0.2) is 6.61 Å². The van der Waals surface area contributed by atoms with E-state index in [-0.39, 0.29) is 12.4 Å². The van der Waals surface area contributed by atoms with Gasteiger partial charge in [0.05, 0.1) is 18.4 Å². The first-order valence-electron chi connectivity index (χ1n) is 9.96. The van der Waals surface area contributed by atoms with E-state index in [4.69, 9.17) is 13.9 Å². The minimum atomic E-state index is -0.505. The molecule has 4 rings (SSSR count). The van der Waals surface area contributed by atoms with Crippen LogP contribution in [0.25, 0.3) is 22.1 Å². The highest BCUT2D eigenvalue weighted by Crippen LogP contribution is 2.29. The molecule has 2 heterocycles. The van der Waals surface area contributed by atoms with Crippen molar-refractivity contribution in [2.75, 3.05) is 13.7 Å². The Kier molecular flexibility index (Phi) is 5.64. The molecule has 7 nitrogen and oxygen atoms in total. The number of H-pyrrole nitrogens is 1. The molecule has 0 fully saturated rings. The summed E-state index contributed by atoms with van der Waals surface area (Å²) in [4.78, 5) is 39.6. The van der Waals surface area contributed by atoms with Gasteiger partial charge in [-0.25, -0.2) is 9.59 Å². The average molecular weight is 431 g/mol. The lowest BCUT2D eigenvalue weighted by molar-refractivity contribution is 0.0599. The summed E-state index contributed by atoms with van der Waals surface area (Å²) in [6.45, 7) is 3.13. The maximum absolute atomic E-state index is 12.7. The number of benzene rings is 2. The standard InChI is InChI=1S/C25H21NO6/c1-14-23(25(29)30-3)15(2)26-24(14)20(27)13-31-17-9-10-18-19(16-7-5-4-6-8-16)12-22(28)32-21(18)11-17/h4-12,26H,13H2,1-3H3. The number of aromatic amines is 1. The van der Waals surface area contributed by atoms with Gasteiger partial charge in [0.25, 0.3) is 0 Å². The predicted molar refractivity (Wildman–Crippen MR) is 119 cm³/mol. The highest BCUT2D eigenvalue weighted by molar-refractivity contribution is 6.02. The van der Waals surface area contributed by atoms with E-state index in [0.29, 0.717) is 33.8 Å². The lowest BCUT2D eigenvalue weighted by atomic mass is 10.0. The molecular weight excluding hydrogens is 410 g/mol. The maximum Gasteiger partial charge on any atom is 0.339 e. The Morgan fingerprint density at radius 3 is 2.50 bits per heavy atom. The van der Waals surface area contributed by atoms with Crippen LogP contribution in [0.5, 0.6) is 5.75 Å². The van der Waals surface area contributed by atoms with Crippen molar-refractivity contribution in [1.82, 2.24) is 4.98 Å². The topological polar surface area (TPSA) is 98.6 Å². The molecule has 1 N–H and O–H groups in total. The van der Waals surface area contributed by atoms with Crippen LogP contribution in [0.4, 0.5) is 0 Å². The Balaban J connectivity index is 1.59. The molecule has 0 bridgehead atoms. The highest BCUT2D eigenvalue weighted by Gasteiger charge is 2.22. The molecule has 2 aromatic carbocycles. The first kappa shape index (κ1) is 21.1. The Hall–Kier alpha value is -4.13. The van der Waals surface area contributed by atoms with Gasteiger partial charge in [0, 0.05) is 23.2 Å². The quantitative estimate of drug-likeness (QED) is 0.275. The van der Waals surface area contributed by atoms with Gasteiger partial charge in [-0.2, -0.15) is 0 Å². The molecule has 7 heteroatoms. The van der Waals surface area contributed by atoms with Crippen LogP contribution in [0, 0.1) is 13.8 Å². The summed E-state index contributed by atoms with van der Waals surface area (Å²) < 4.78 is 15.8. The number of carbonyl (C=O) groups excluding carboxylic acids is 2. The van der Waals surface area contributed by atoms with Gasteiger partial charge in [-0.3, -0.25) is 4.79 Å². The van der Waals surface area contributed by atoms with Gasteiger partial charge in [-0.1, -0.05) is 30.3 Å². The van der Waals surface area contributed by atoms with Gasteiger partial charge in [-0.15, -0.1) is 0 Å². The zero-order valence-corrected chi connectivity index (χ0v) is 17.9. The summed E-state index contributed by atoms with van der Waals surface area (Å²) in [5, 5.41) is 0.757. The number of ether oxygens (including phenoxy) is 2. The van der Waals surface area contributed by atoms with Gasteiger partial charge in [0.2, 0.25) is 5.78 Å². The van der Waals surface area contributed by atoms with Crippen molar-refractivity contribution in [2.45, 2.75) is 13.8 Å². The number of methoxy groups -OCH3 is 1. The first-order chi connectivity index (χ1) is 15.4. The number of hydrogen-bond acceptors (Lipinski definition) is 6. The zero-order chi connectivity index (χ0) is 22.8. The fourth-order valence-corrected chi connectivity index (χ4v) is 3.75. The van der Waals surface area contributed by atoms with Crippen molar-refractivity contribution in [3.8, 4) is 16.9 Å². The number of ketones is 1. The molecule has 0 radical (unpaired) electrons. The molecule has 0 unspecified atom stereocenters. The number of aryl methyl sites for hydroxylation is 1. The van der Waals surface area contributed by atoms with E-state index in [1.54, 1.807) is 32.0 Å². The SMILES string of the molecule is COC(=O)c1c(C)[nH]c(C(=O)COc2ccc3c(-c4ccccc4)cc(=O)oc3c2)c1C. The summed E-state index contributed by atoms with van der Waals surface area (Å²) in [5.74, 6) is -0.441. The van der Waals surface area contributed by atoms with E-state index in [2.05, 4.69) is 4.98 Å². The van der Waals surface area contributed by atoms with Gasteiger partial charge >= 0.3 is 11.6 Å².